The molecule has 4 N–H and O–H groups in total. The number of carbonyl (C=O) groups excluding carboxylic acids is 2. The van der Waals surface area contributed by atoms with Crippen LogP contribution < -0.4 is 21.3 Å². The average molecular weight is 541 g/mol. The van der Waals surface area contributed by atoms with Gasteiger partial charge in [0.05, 0.1) is 11.4 Å². The molecule has 30 heavy (non-hydrogen) atoms. The molecule has 1 aliphatic heterocycles. The van der Waals surface area contributed by atoms with Gasteiger partial charge >= 0.3 is 0 Å². The number of guanidine groups is 1. The third kappa shape index (κ3) is 6.98. The van der Waals surface area contributed by atoms with E-state index in [-0.39, 0.29) is 41.7 Å². The Morgan fingerprint density at radius 2 is 1.97 bits per heavy atom. The van der Waals surface area contributed by atoms with Crippen LogP contribution in [0.15, 0.2) is 46.8 Å². The predicted octanol–water partition coefficient (Wildman–Crippen LogP) is 3.17. The zero-order valence-corrected chi connectivity index (χ0v) is 20.1. The van der Waals surface area contributed by atoms with Gasteiger partial charge in [0, 0.05) is 37.7 Å². The molecule has 1 unspecified atom stereocenters. The number of hydrogen-bond acceptors (Lipinski definition) is 4. The van der Waals surface area contributed by atoms with Crippen LogP contribution in [-0.4, -0.2) is 44.0 Å². The van der Waals surface area contributed by atoms with Crippen molar-refractivity contribution >= 4 is 58.8 Å². The molecule has 162 valence electrons. The van der Waals surface area contributed by atoms with Gasteiger partial charge in [-0.2, -0.15) is 0 Å². The maximum atomic E-state index is 12.0. The van der Waals surface area contributed by atoms with Gasteiger partial charge in [-0.3, -0.25) is 14.6 Å². The van der Waals surface area contributed by atoms with Crippen LogP contribution in [-0.2, 0) is 4.79 Å². The number of aliphatic imine (C=N–C) groups is 1. The number of rotatable bonds is 8. The summed E-state index contributed by atoms with van der Waals surface area (Å²) in [6, 6.07) is 11.6. The quantitative estimate of drug-likeness (QED) is 0.179. The number of amides is 2. The Hall–Kier alpha value is -2.14. The molecule has 0 fully saturated rings. The number of nitrogens with one attached hydrogen (secondary N) is 4. The Labute approximate surface area is 198 Å². The van der Waals surface area contributed by atoms with E-state index in [1.807, 2.05) is 48.7 Å². The van der Waals surface area contributed by atoms with E-state index in [4.69, 9.17) is 0 Å². The van der Waals surface area contributed by atoms with E-state index in [1.165, 1.54) is 11.3 Å². The SMILES string of the molecule is CCNC(=NCC1CC(=O)Nc2ccccc21)NCCCNC(=O)c1cccs1.I. The number of carbonyl (C=O) groups is 2. The summed E-state index contributed by atoms with van der Waals surface area (Å²) in [5, 5.41) is 14.3. The molecule has 1 aliphatic rings. The highest BCUT2D eigenvalue weighted by molar-refractivity contribution is 14.0. The lowest BCUT2D eigenvalue weighted by molar-refractivity contribution is -0.116. The molecule has 7 nitrogen and oxygen atoms in total. The summed E-state index contributed by atoms with van der Waals surface area (Å²) in [6.45, 7) is 4.59. The van der Waals surface area contributed by atoms with E-state index in [9.17, 15) is 9.59 Å². The average Bonchev–Trinajstić information content (AvgIpc) is 3.26. The summed E-state index contributed by atoms with van der Waals surface area (Å²) in [5.74, 6) is 0.791. The van der Waals surface area contributed by atoms with Crippen molar-refractivity contribution in [3.8, 4) is 0 Å². The van der Waals surface area contributed by atoms with Crippen molar-refractivity contribution < 1.29 is 9.59 Å². The third-order valence-electron chi connectivity index (χ3n) is 4.60. The van der Waals surface area contributed by atoms with Crippen LogP contribution >= 0.6 is 35.3 Å². The third-order valence-corrected chi connectivity index (χ3v) is 5.47. The molecule has 9 heteroatoms. The molecule has 0 spiro atoms. The lowest BCUT2D eigenvalue weighted by Crippen LogP contribution is -2.39. The molecule has 0 saturated heterocycles. The van der Waals surface area contributed by atoms with Crippen molar-refractivity contribution in [3.63, 3.8) is 0 Å². The first-order chi connectivity index (χ1) is 14.2. The zero-order valence-electron chi connectivity index (χ0n) is 16.9. The maximum absolute atomic E-state index is 12.0. The van der Waals surface area contributed by atoms with Crippen LogP contribution in [0.2, 0.25) is 0 Å². The van der Waals surface area contributed by atoms with Crippen LogP contribution in [0.25, 0.3) is 0 Å². The predicted molar refractivity (Wildman–Crippen MR) is 133 cm³/mol. The Balaban J connectivity index is 0.00000320. The van der Waals surface area contributed by atoms with Gasteiger partial charge in [-0.25, -0.2) is 0 Å². The fraction of sp³-hybridized carbons (Fsp3) is 0.381. The molecule has 0 saturated carbocycles. The van der Waals surface area contributed by atoms with E-state index in [1.54, 1.807) is 0 Å². The van der Waals surface area contributed by atoms with Crippen molar-refractivity contribution in [2.24, 2.45) is 4.99 Å². The number of benzene rings is 1. The summed E-state index contributed by atoms with van der Waals surface area (Å²) in [6.07, 6.45) is 1.23. The highest BCUT2D eigenvalue weighted by Gasteiger charge is 2.24. The molecule has 1 aromatic heterocycles. The second-order valence-corrected chi connectivity index (χ2v) is 7.72. The van der Waals surface area contributed by atoms with Gasteiger partial charge in [-0.15, -0.1) is 35.3 Å². The highest BCUT2D eigenvalue weighted by Crippen LogP contribution is 2.31. The number of para-hydroxylation sites is 1. The van der Waals surface area contributed by atoms with E-state index in [2.05, 4.69) is 26.3 Å². The largest absolute Gasteiger partial charge is 0.357 e. The summed E-state index contributed by atoms with van der Waals surface area (Å²) < 4.78 is 0. The molecule has 2 aromatic rings. The number of nitrogens with zero attached hydrogens (tertiary/aromatic N) is 1. The Bertz CT molecular complexity index is 857. The van der Waals surface area contributed by atoms with Gasteiger partial charge in [0.15, 0.2) is 5.96 Å². The second kappa shape index (κ2) is 12.5. The molecule has 2 heterocycles. The second-order valence-electron chi connectivity index (χ2n) is 6.77. The van der Waals surface area contributed by atoms with Crippen molar-refractivity contribution in [2.45, 2.75) is 25.7 Å². The number of halogens is 1. The lowest BCUT2D eigenvalue weighted by Gasteiger charge is -2.24. The zero-order chi connectivity index (χ0) is 20.5. The van der Waals surface area contributed by atoms with Gasteiger partial charge in [-0.05, 0) is 36.4 Å². The molecule has 1 aromatic carbocycles. The molecule has 0 aliphatic carbocycles. The van der Waals surface area contributed by atoms with Crippen LogP contribution in [0, 0.1) is 0 Å². The van der Waals surface area contributed by atoms with E-state index in [0.29, 0.717) is 26.1 Å². The summed E-state index contributed by atoms with van der Waals surface area (Å²) >= 11 is 1.44. The molecule has 0 bridgehead atoms. The summed E-state index contributed by atoms with van der Waals surface area (Å²) in [7, 11) is 0. The number of anilines is 1. The van der Waals surface area contributed by atoms with Crippen molar-refractivity contribution in [2.75, 3.05) is 31.5 Å². The van der Waals surface area contributed by atoms with E-state index >= 15 is 0 Å². The maximum Gasteiger partial charge on any atom is 0.261 e. The Morgan fingerprint density at radius 1 is 1.17 bits per heavy atom. The Kier molecular flexibility index (Phi) is 10.1. The first-order valence-electron chi connectivity index (χ1n) is 9.90. The standard InChI is InChI=1S/C21H27N5O2S.HI/c1-2-22-21(24-11-6-10-23-20(28)18-9-5-12-29-18)25-14-15-13-19(27)26-17-8-4-3-7-16(15)17;/h3-5,7-9,12,15H,2,6,10-11,13-14H2,1H3,(H,23,28)(H,26,27)(H2,22,24,25);1H. The van der Waals surface area contributed by atoms with E-state index in [0.717, 1.165) is 35.1 Å². The Morgan fingerprint density at radius 3 is 2.73 bits per heavy atom. The topological polar surface area (TPSA) is 94.6 Å². The van der Waals surface area contributed by atoms with Gasteiger partial charge in [0.1, 0.15) is 0 Å². The van der Waals surface area contributed by atoms with Gasteiger partial charge in [0.2, 0.25) is 5.91 Å². The van der Waals surface area contributed by atoms with Crippen LogP contribution in [0.1, 0.15) is 40.9 Å². The van der Waals surface area contributed by atoms with Gasteiger partial charge < -0.3 is 21.3 Å². The lowest BCUT2D eigenvalue weighted by atomic mass is 9.91. The van der Waals surface area contributed by atoms with Crippen LogP contribution in [0.4, 0.5) is 5.69 Å². The number of hydrogen-bond donors (Lipinski definition) is 4. The van der Waals surface area contributed by atoms with E-state index < -0.39 is 0 Å². The molecule has 2 amide bonds. The molecule has 1 atom stereocenters. The smallest absolute Gasteiger partial charge is 0.261 e. The first-order valence-corrected chi connectivity index (χ1v) is 10.8. The minimum atomic E-state index is -0.0326. The normalized spacial score (nSPS) is 15.4. The summed E-state index contributed by atoms with van der Waals surface area (Å²) in [4.78, 5) is 29.3. The fourth-order valence-electron chi connectivity index (χ4n) is 3.20. The molecule has 3 rings (SSSR count). The van der Waals surface area contributed by atoms with Gasteiger partial charge in [0.25, 0.3) is 5.91 Å². The van der Waals surface area contributed by atoms with Crippen molar-refractivity contribution in [1.29, 1.82) is 0 Å². The van der Waals surface area contributed by atoms with Crippen LogP contribution in [0.5, 0.6) is 0 Å². The number of thiophene rings is 1. The monoisotopic (exact) mass is 541 g/mol. The molecular formula is C21H28IN5O2S. The van der Waals surface area contributed by atoms with Crippen LogP contribution in [0.3, 0.4) is 0 Å². The minimum Gasteiger partial charge on any atom is -0.357 e. The minimum absolute atomic E-state index is 0. The van der Waals surface area contributed by atoms with Crippen molar-refractivity contribution in [3.05, 3.63) is 52.2 Å². The van der Waals surface area contributed by atoms with Crippen molar-refractivity contribution in [1.82, 2.24) is 16.0 Å². The highest BCUT2D eigenvalue weighted by atomic mass is 127. The molecular weight excluding hydrogens is 513 g/mol. The molecule has 0 radical (unpaired) electrons. The number of fused-ring (bicyclic) bond motifs is 1. The van der Waals surface area contributed by atoms with Gasteiger partial charge in [-0.1, -0.05) is 24.3 Å². The fourth-order valence-corrected chi connectivity index (χ4v) is 3.84. The summed E-state index contributed by atoms with van der Waals surface area (Å²) in [5.41, 5.74) is 2.01. The first kappa shape index (κ1) is 24.1.